The van der Waals surface area contributed by atoms with E-state index in [1.54, 1.807) is 23.6 Å². The van der Waals surface area contributed by atoms with Gasteiger partial charge in [-0.15, -0.1) is 0 Å². The van der Waals surface area contributed by atoms with E-state index in [0.717, 1.165) is 5.56 Å². The van der Waals surface area contributed by atoms with Crippen LogP contribution in [-0.4, -0.2) is 10.9 Å². The van der Waals surface area contributed by atoms with Gasteiger partial charge in [-0.05, 0) is 30.0 Å². The molecule has 0 spiro atoms. The van der Waals surface area contributed by atoms with Crippen LogP contribution in [0.5, 0.6) is 0 Å². The smallest absolute Gasteiger partial charge is 0.256 e. The van der Waals surface area contributed by atoms with Crippen molar-refractivity contribution in [2.45, 2.75) is 6.92 Å². The quantitative estimate of drug-likeness (QED) is 0.852. The van der Waals surface area contributed by atoms with Crippen LogP contribution in [0.4, 0.5) is 5.69 Å². The second kappa shape index (κ2) is 5.69. The summed E-state index contributed by atoms with van der Waals surface area (Å²) in [6.07, 6.45) is 0. The van der Waals surface area contributed by atoms with Crippen molar-refractivity contribution in [3.63, 3.8) is 0 Å². The third-order valence-electron chi connectivity index (χ3n) is 2.60. The Morgan fingerprint density at radius 3 is 2.74 bits per heavy atom. The van der Waals surface area contributed by atoms with Gasteiger partial charge < -0.3 is 11.1 Å². The van der Waals surface area contributed by atoms with Gasteiger partial charge in [0.05, 0.1) is 16.3 Å². The van der Waals surface area contributed by atoms with Gasteiger partial charge in [-0.2, -0.15) is 11.3 Å². The van der Waals surface area contributed by atoms with Crippen LogP contribution >= 0.6 is 35.2 Å². The Morgan fingerprint density at radius 2 is 2.16 bits per heavy atom. The highest BCUT2D eigenvalue weighted by Gasteiger charge is 2.12. The molecule has 2 aromatic rings. The average molecular weight is 311 g/mol. The summed E-state index contributed by atoms with van der Waals surface area (Å²) in [5.41, 5.74) is 8.30. The highest BCUT2D eigenvalue weighted by molar-refractivity contribution is 7.80. The molecule has 3 N–H and O–H groups in total. The van der Waals surface area contributed by atoms with Crippen molar-refractivity contribution in [2.75, 3.05) is 5.32 Å². The first-order valence-electron chi connectivity index (χ1n) is 5.42. The molecule has 0 aliphatic rings. The number of amides is 1. The fraction of sp³-hybridized carbons (Fsp3) is 0.0769. The number of carbonyl (C=O) groups excluding carboxylic acids is 1. The number of rotatable bonds is 3. The van der Waals surface area contributed by atoms with E-state index < -0.39 is 0 Å². The first-order chi connectivity index (χ1) is 8.99. The maximum atomic E-state index is 12.1. The van der Waals surface area contributed by atoms with Crippen LogP contribution < -0.4 is 11.1 Å². The maximum Gasteiger partial charge on any atom is 0.256 e. The molecule has 6 heteroatoms. The molecule has 19 heavy (non-hydrogen) atoms. The number of benzene rings is 1. The molecule has 0 saturated heterocycles. The molecule has 0 aliphatic heterocycles. The third kappa shape index (κ3) is 3.12. The summed E-state index contributed by atoms with van der Waals surface area (Å²) < 4.78 is 0. The number of thiocarbonyl (C=S) groups is 1. The standard InChI is InChI=1S/C13H11ClN2OS2/c1-7-5-19-6-9(7)13(17)16-11-4-8(12(15)18)2-3-10(11)14/h2-6H,1H3,(H2,15,18)(H,16,17). The fourth-order valence-electron chi connectivity index (χ4n) is 1.56. The zero-order valence-electron chi connectivity index (χ0n) is 10.1. The van der Waals surface area contributed by atoms with E-state index in [9.17, 15) is 4.79 Å². The van der Waals surface area contributed by atoms with E-state index in [2.05, 4.69) is 5.32 Å². The Hall–Kier alpha value is -1.43. The van der Waals surface area contributed by atoms with Crippen LogP contribution in [0.2, 0.25) is 5.02 Å². The summed E-state index contributed by atoms with van der Waals surface area (Å²) in [4.78, 5) is 12.4. The van der Waals surface area contributed by atoms with Crippen LogP contribution in [0.3, 0.4) is 0 Å². The summed E-state index contributed by atoms with van der Waals surface area (Å²) in [5.74, 6) is -0.194. The number of nitrogens with one attached hydrogen (secondary N) is 1. The Labute approximate surface area is 125 Å². The minimum atomic E-state index is -0.194. The molecule has 1 heterocycles. The zero-order chi connectivity index (χ0) is 14.0. The number of anilines is 1. The zero-order valence-corrected chi connectivity index (χ0v) is 12.5. The molecule has 0 fully saturated rings. The first kappa shape index (κ1) is 14.0. The predicted molar refractivity (Wildman–Crippen MR) is 84.3 cm³/mol. The second-order valence-electron chi connectivity index (χ2n) is 3.98. The molecule has 0 bridgehead atoms. The number of aryl methyl sites for hydroxylation is 1. The molecule has 1 amide bonds. The van der Waals surface area contributed by atoms with Crippen molar-refractivity contribution in [1.29, 1.82) is 0 Å². The first-order valence-corrected chi connectivity index (χ1v) is 7.15. The number of halogens is 1. The molecular weight excluding hydrogens is 300 g/mol. The van der Waals surface area contributed by atoms with Crippen molar-refractivity contribution in [3.8, 4) is 0 Å². The number of nitrogens with two attached hydrogens (primary N) is 1. The lowest BCUT2D eigenvalue weighted by atomic mass is 10.1. The summed E-state index contributed by atoms with van der Waals surface area (Å²) >= 11 is 12.4. The Morgan fingerprint density at radius 1 is 1.42 bits per heavy atom. The normalized spacial score (nSPS) is 10.2. The molecule has 1 aromatic heterocycles. The SMILES string of the molecule is Cc1cscc1C(=O)Nc1cc(C(N)=S)ccc1Cl. The average Bonchev–Trinajstić information content (AvgIpc) is 2.78. The van der Waals surface area contributed by atoms with Gasteiger partial charge >= 0.3 is 0 Å². The third-order valence-corrected chi connectivity index (χ3v) is 4.03. The largest absolute Gasteiger partial charge is 0.389 e. The van der Waals surface area contributed by atoms with Gasteiger partial charge in [-0.25, -0.2) is 0 Å². The Bertz CT molecular complexity index is 652. The second-order valence-corrected chi connectivity index (χ2v) is 5.57. The lowest BCUT2D eigenvalue weighted by Gasteiger charge is -2.09. The highest BCUT2D eigenvalue weighted by Crippen LogP contribution is 2.24. The lowest BCUT2D eigenvalue weighted by Crippen LogP contribution is -2.14. The molecule has 3 nitrogen and oxygen atoms in total. The Balaban J connectivity index is 2.28. The molecule has 2 rings (SSSR count). The molecule has 98 valence electrons. The molecule has 1 aromatic carbocycles. The van der Waals surface area contributed by atoms with Gasteiger partial charge in [0.1, 0.15) is 4.99 Å². The summed E-state index contributed by atoms with van der Waals surface area (Å²) in [6, 6.07) is 5.05. The summed E-state index contributed by atoms with van der Waals surface area (Å²) in [7, 11) is 0. The van der Waals surface area contributed by atoms with Gasteiger partial charge in [-0.1, -0.05) is 29.9 Å². The van der Waals surface area contributed by atoms with Crippen LogP contribution in [0.1, 0.15) is 21.5 Å². The van der Waals surface area contributed by atoms with Gasteiger partial charge in [-0.3, -0.25) is 4.79 Å². The topological polar surface area (TPSA) is 55.1 Å². The van der Waals surface area contributed by atoms with Crippen molar-refractivity contribution < 1.29 is 4.79 Å². The highest BCUT2D eigenvalue weighted by atomic mass is 35.5. The lowest BCUT2D eigenvalue weighted by molar-refractivity contribution is 0.102. The Kier molecular flexibility index (Phi) is 4.19. The predicted octanol–water partition coefficient (Wildman–Crippen LogP) is 3.60. The van der Waals surface area contributed by atoms with Gasteiger partial charge in [0.25, 0.3) is 5.91 Å². The number of thiophene rings is 1. The number of carbonyl (C=O) groups is 1. The fourth-order valence-corrected chi connectivity index (χ4v) is 2.68. The number of hydrogen-bond donors (Lipinski definition) is 2. The summed E-state index contributed by atoms with van der Waals surface area (Å²) in [6.45, 7) is 1.89. The van der Waals surface area contributed by atoms with Crippen LogP contribution in [0.25, 0.3) is 0 Å². The van der Waals surface area contributed by atoms with E-state index in [4.69, 9.17) is 29.6 Å². The van der Waals surface area contributed by atoms with Crippen molar-refractivity contribution in [1.82, 2.24) is 0 Å². The van der Waals surface area contributed by atoms with E-state index in [0.29, 0.717) is 21.8 Å². The van der Waals surface area contributed by atoms with Crippen molar-refractivity contribution in [3.05, 3.63) is 50.7 Å². The van der Waals surface area contributed by atoms with Gasteiger partial charge in [0.15, 0.2) is 0 Å². The van der Waals surface area contributed by atoms with E-state index >= 15 is 0 Å². The van der Waals surface area contributed by atoms with Gasteiger partial charge in [0.2, 0.25) is 0 Å². The summed E-state index contributed by atoms with van der Waals surface area (Å²) in [5, 5.41) is 6.94. The molecule has 0 saturated carbocycles. The molecule has 0 unspecified atom stereocenters. The molecule has 0 radical (unpaired) electrons. The van der Waals surface area contributed by atoms with Crippen molar-refractivity contribution >= 4 is 51.7 Å². The van der Waals surface area contributed by atoms with E-state index in [1.165, 1.54) is 11.3 Å². The van der Waals surface area contributed by atoms with Crippen molar-refractivity contribution in [2.24, 2.45) is 5.73 Å². The van der Waals surface area contributed by atoms with Gasteiger partial charge in [0, 0.05) is 10.9 Å². The number of hydrogen-bond acceptors (Lipinski definition) is 3. The minimum absolute atomic E-state index is 0.194. The van der Waals surface area contributed by atoms with Crippen LogP contribution in [0, 0.1) is 6.92 Å². The molecule has 0 atom stereocenters. The minimum Gasteiger partial charge on any atom is -0.389 e. The van der Waals surface area contributed by atoms with E-state index in [-0.39, 0.29) is 10.9 Å². The molecular formula is C13H11ClN2OS2. The monoisotopic (exact) mass is 310 g/mol. The molecule has 0 aliphatic carbocycles. The van der Waals surface area contributed by atoms with E-state index in [1.807, 2.05) is 12.3 Å². The maximum absolute atomic E-state index is 12.1. The van der Waals surface area contributed by atoms with Crippen LogP contribution in [0.15, 0.2) is 29.0 Å². The van der Waals surface area contributed by atoms with Crippen LogP contribution in [-0.2, 0) is 0 Å².